The van der Waals surface area contributed by atoms with Gasteiger partial charge in [-0.1, -0.05) is 12.1 Å². The lowest BCUT2D eigenvalue weighted by Gasteiger charge is -2.12. The van der Waals surface area contributed by atoms with Crippen molar-refractivity contribution in [2.45, 2.75) is 13.8 Å². The number of pyridine rings is 2. The largest absolute Gasteiger partial charge is 0.491 e. The zero-order valence-corrected chi connectivity index (χ0v) is 14.7. The summed E-state index contributed by atoms with van der Waals surface area (Å²) in [6.45, 7) is 3.88. The van der Waals surface area contributed by atoms with Crippen LogP contribution in [0.1, 0.15) is 11.4 Å². The molecule has 1 aromatic carbocycles. The first kappa shape index (κ1) is 17.7. The first-order chi connectivity index (χ1) is 12.6. The van der Waals surface area contributed by atoms with E-state index in [0.717, 1.165) is 11.4 Å². The van der Waals surface area contributed by atoms with Crippen LogP contribution < -0.4 is 14.2 Å². The normalized spacial score (nSPS) is 10.4. The number of aliphatic hydroxyl groups excluding tert-OH is 1. The molecule has 0 saturated heterocycles. The molecule has 0 fully saturated rings. The number of aryl methyl sites for hydroxylation is 2. The molecule has 0 radical (unpaired) electrons. The molecule has 26 heavy (non-hydrogen) atoms. The van der Waals surface area contributed by atoms with Gasteiger partial charge in [0, 0.05) is 41.7 Å². The van der Waals surface area contributed by atoms with Crippen molar-refractivity contribution in [2.75, 3.05) is 13.2 Å². The zero-order valence-electron chi connectivity index (χ0n) is 14.7. The van der Waals surface area contributed by atoms with Crippen LogP contribution in [0.15, 0.2) is 54.6 Å². The summed E-state index contributed by atoms with van der Waals surface area (Å²) in [6.07, 6.45) is 0. The Balaban J connectivity index is 1.87. The minimum atomic E-state index is -0.0832. The third kappa shape index (κ3) is 4.94. The molecule has 0 bridgehead atoms. The Hall–Kier alpha value is -3.12. The van der Waals surface area contributed by atoms with E-state index in [4.69, 9.17) is 19.3 Å². The van der Waals surface area contributed by atoms with Crippen LogP contribution in [0.5, 0.6) is 29.0 Å². The SMILES string of the molecule is Cc1cccc(Oc2cc(OCCO)cc(Oc3cccc(C)n3)c2)n1. The van der Waals surface area contributed by atoms with Crippen molar-refractivity contribution in [3.63, 3.8) is 0 Å². The smallest absolute Gasteiger partial charge is 0.219 e. The third-order valence-corrected chi connectivity index (χ3v) is 3.38. The Morgan fingerprint density at radius 2 is 1.27 bits per heavy atom. The lowest BCUT2D eigenvalue weighted by atomic mass is 10.3. The van der Waals surface area contributed by atoms with E-state index in [1.165, 1.54) is 0 Å². The van der Waals surface area contributed by atoms with Crippen molar-refractivity contribution >= 4 is 0 Å². The molecule has 0 unspecified atom stereocenters. The van der Waals surface area contributed by atoms with E-state index in [0.29, 0.717) is 29.0 Å². The quantitative estimate of drug-likeness (QED) is 0.691. The summed E-state index contributed by atoms with van der Waals surface area (Å²) in [5.74, 6) is 2.50. The van der Waals surface area contributed by atoms with Crippen molar-refractivity contribution in [1.82, 2.24) is 9.97 Å². The second-order valence-electron chi connectivity index (χ2n) is 5.65. The first-order valence-electron chi connectivity index (χ1n) is 8.24. The molecule has 0 aliphatic heterocycles. The predicted molar refractivity (Wildman–Crippen MR) is 97.1 cm³/mol. The summed E-state index contributed by atoms with van der Waals surface area (Å²) in [5.41, 5.74) is 1.71. The highest BCUT2D eigenvalue weighted by Gasteiger charge is 2.08. The topological polar surface area (TPSA) is 73.7 Å². The van der Waals surface area contributed by atoms with Crippen LogP contribution in [0, 0.1) is 13.8 Å². The lowest BCUT2D eigenvalue weighted by Crippen LogP contribution is -2.02. The fraction of sp³-hybridized carbons (Fsp3) is 0.200. The zero-order chi connectivity index (χ0) is 18.4. The van der Waals surface area contributed by atoms with Gasteiger partial charge in [0.1, 0.15) is 23.9 Å². The van der Waals surface area contributed by atoms with Crippen molar-refractivity contribution < 1.29 is 19.3 Å². The highest BCUT2D eigenvalue weighted by atomic mass is 16.5. The number of aromatic nitrogens is 2. The highest BCUT2D eigenvalue weighted by Crippen LogP contribution is 2.32. The van der Waals surface area contributed by atoms with Crippen LogP contribution in [0.2, 0.25) is 0 Å². The van der Waals surface area contributed by atoms with E-state index in [2.05, 4.69) is 9.97 Å². The highest BCUT2D eigenvalue weighted by molar-refractivity contribution is 5.44. The molecule has 1 N–H and O–H groups in total. The van der Waals surface area contributed by atoms with Crippen molar-refractivity contribution in [3.8, 4) is 29.0 Å². The molecule has 6 nitrogen and oxygen atoms in total. The molecule has 2 heterocycles. The fourth-order valence-corrected chi connectivity index (χ4v) is 2.30. The average molecular weight is 352 g/mol. The van der Waals surface area contributed by atoms with Gasteiger partial charge in [-0.2, -0.15) is 0 Å². The van der Waals surface area contributed by atoms with Crippen molar-refractivity contribution in [2.24, 2.45) is 0 Å². The fourth-order valence-electron chi connectivity index (χ4n) is 2.30. The maximum Gasteiger partial charge on any atom is 0.219 e. The van der Waals surface area contributed by atoms with Gasteiger partial charge in [0.15, 0.2) is 0 Å². The summed E-state index contributed by atoms with van der Waals surface area (Å²) in [7, 11) is 0. The van der Waals surface area contributed by atoms with E-state index in [1.807, 2.05) is 38.1 Å². The number of benzene rings is 1. The number of rotatable bonds is 7. The Labute approximate surface area is 152 Å². The monoisotopic (exact) mass is 352 g/mol. The van der Waals surface area contributed by atoms with Crippen LogP contribution in [-0.2, 0) is 0 Å². The van der Waals surface area contributed by atoms with Crippen molar-refractivity contribution in [3.05, 3.63) is 66.0 Å². The summed E-state index contributed by atoms with van der Waals surface area (Å²) >= 11 is 0. The number of hydrogen-bond acceptors (Lipinski definition) is 6. The maximum atomic E-state index is 8.99. The van der Waals surface area contributed by atoms with Crippen LogP contribution >= 0.6 is 0 Å². The molecule has 0 amide bonds. The summed E-state index contributed by atoms with van der Waals surface area (Å²) in [5, 5.41) is 8.99. The molecule has 0 spiro atoms. The number of hydrogen-bond donors (Lipinski definition) is 1. The maximum absolute atomic E-state index is 8.99. The van der Waals surface area contributed by atoms with E-state index < -0.39 is 0 Å². The molecule has 2 aromatic heterocycles. The number of ether oxygens (including phenoxy) is 3. The van der Waals surface area contributed by atoms with Gasteiger partial charge in [-0.25, -0.2) is 9.97 Å². The van der Waals surface area contributed by atoms with Crippen LogP contribution in [0.3, 0.4) is 0 Å². The van der Waals surface area contributed by atoms with E-state index in [1.54, 1.807) is 30.3 Å². The molecular formula is C20H20N2O4. The van der Waals surface area contributed by atoms with E-state index in [9.17, 15) is 0 Å². The summed E-state index contributed by atoms with van der Waals surface area (Å²) in [6, 6.07) is 16.3. The van der Waals surface area contributed by atoms with Gasteiger partial charge >= 0.3 is 0 Å². The second-order valence-corrected chi connectivity index (χ2v) is 5.65. The standard InChI is InChI=1S/C20H20N2O4/c1-14-5-3-7-19(21-14)25-17-11-16(24-10-9-23)12-18(13-17)26-20-8-4-6-15(2)22-20/h3-8,11-13,23H,9-10H2,1-2H3. The van der Waals surface area contributed by atoms with Gasteiger partial charge in [0.05, 0.1) is 6.61 Å². The van der Waals surface area contributed by atoms with Gasteiger partial charge in [0.2, 0.25) is 11.8 Å². The summed E-state index contributed by atoms with van der Waals surface area (Å²) < 4.78 is 17.2. The number of nitrogens with zero attached hydrogens (tertiary/aromatic N) is 2. The van der Waals surface area contributed by atoms with Gasteiger partial charge in [-0.15, -0.1) is 0 Å². The molecule has 3 aromatic rings. The first-order valence-corrected chi connectivity index (χ1v) is 8.24. The lowest BCUT2D eigenvalue weighted by molar-refractivity contribution is 0.200. The minimum absolute atomic E-state index is 0.0832. The molecule has 0 atom stereocenters. The molecule has 6 heteroatoms. The molecule has 0 aliphatic carbocycles. The van der Waals surface area contributed by atoms with Crippen molar-refractivity contribution in [1.29, 1.82) is 0 Å². The molecule has 134 valence electrons. The molecule has 3 rings (SSSR count). The Kier molecular flexibility index (Phi) is 5.66. The van der Waals surface area contributed by atoms with Gasteiger partial charge in [-0.3, -0.25) is 0 Å². The Morgan fingerprint density at radius 1 is 0.769 bits per heavy atom. The van der Waals surface area contributed by atoms with Crippen LogP contribution in [0.25, 0.3) is 0 Å². The van der Waals surface area contributed by atoms with Crippen LogP contribution in [0.4, 0.5) is 0 Å². The summed E-state index contributed by atoms with van der Waals surface area (Å²) in [4.78, 5) is 8.66. The number of aliphatic hydroxyl groups is 1. The van der Waals surface area contributed by atoms with Gasteiger partial charge < -0.3 is 19.3 Å². The Morgan fingerprint density at radius 3 is 1.73 bits per heavy atom. The van der Waals surface area contributed by atoms with Gasteiger partial charge in [0.25, 0.3) is 0 Å². The predicted octanol–water partition coefficient (Wildman–Crippen LogP) is 4.05. The van der Waals surface area contributed by atoms with E-state index in [-0.39, 0.29) is 13.2 Å². The third-order valence-electron chi connectivity index (χ3n) is 3.38. The van der Waals surface area contributed by atoms with Crippen LogP contribution in [-0.4, -0.2) is 28.3 Å². The second kappa shape index (κ2) is 8.31. The van der Waals surface area contributed by atoms with E-state index >= 15 is 0 Å². The average Bonchev–Trinajstić information content (AvgIpc) is 2.60. The minimum Gasteiger partial charge on any atom is -0.491 e. The molecule has 0 saturated carbocycles. The molecular weight excluding hydrogens is 332 g/mol. The Bertz CT molecular complexity index is 817. The van der Waals surface area contributed by atoms with Gasteiger partial charge in [-0.05, 0) is 26.0 Å². The molecule has 0 aliphatic rings.